The van der Waals surface area contributed by atoms with Crippen LogP contribution >= 0.6 is 0 Å². The molecular formula is C11H25NO. The van der Waals surface area contributed by atoms with Gasteiger partial charge >= 0.3 is 0 Å². The molecule has 0 bridgehead atoms. The Morgan fingerprint density at radius 3 is 2.23 bits per heavy atom. The lowest BCUT2D eigenvalue weighted by Gasteiger charge is -2.24. The normalized spacial score (nSPS) is 16.2. The highest BCUT2D eigenvalue weighted by atomic mass is 16.5. The summed E-state index contributed by atoms with van der Waals surface area (Å²) in [5.74, 6) is 0.684. The number of methoxy groups -OCH3 is 1. The van der Waals surface area contributed by atoms with Crippen molar-refractivity contribution in [2.24, 2.45) is 5.92 Å². The number of hydrogen-bond acceptors (Lipinski definition) is 2. The molecule has 0 amide bonds. The zero-order valence-electron chi connectivity index (χ0n) is 9.76. The Hall–Kier alpha value is -0.0800. The van der Waals surface area contributed by atoms with Crippen molar-refractivity contribution in [3.8, 4) is 0 Å². The van der Waals surface area contributed by atoms with Gasteiger partial charge in [-0.1, -0.05) is 20.8 Å². The van der Waals surface area contributed by atoms with Crippen LogP contribution in [0.5, 0.6) is 0 Å². The average molecular weight is 187 g/mol. The monoisotopic (exact) mass is 187 g/mol. The van der Waals surface area contributed by atoms with Crippen molar-refractivity contribution in [1.82, 2.24) is 5.32 Å². The van der Waals surface area contributed by atoms with Crippen LogP contribution in [0.4, 0.5) is 0 Å². The van der Waals surface area contributed by atoms with E-state index in [4.69, 9.17) is 4.74 Å². The molecule has 0 aromatic heterocycles. The molecule has 0 aliphatic rings. The van der Waals surface area contributed by atoms with E-state index in [2.05, 4.69) is 33.0 Å². The van der Waals surface area contributed by atoms with Crippen molar-refractivity contribution >= 4 is 0 Å². The fourth-order valence-electron chi connectivity index (χ4n) is 1.37. The molecule has 80 valence electrons. The van der Waals surface area contributed by atoms with Crippen LogP contribution in [0, 0.1) is 5.92 Å². The Morgan fingerprint density at radius 1 is 1.23 bits per heavy atom. The minimum absolute atomic E-state index is 0.358. The third-order valence-corrected chi connectivity index (χ3v) is 2.45. The van der Waals surface area contributed by atoms with Crippen LogP contribution in [-0.4, -0.2) is 25.8 Å². The lowest BCUT2D eigenvalue weighted by atomic mass is 9.98. The molecule has 0 aliphatic heterocycles. The SMILES string of the molecule is CCCNC(CC(C)OC)C(C)C. The topological polar surface area (TPSA) is 21.3 Å². The zero-order chi connectivity index (χ0) is 10.3. The molecule has 0 radical (unpaired) electrons. The average Bonchev–Trinajstić information content (AvgIpc) is 2.11. The van der Waals surface area contributed by atoms with E-state index >= 15 is 0 Å². The van der Waals surface area contributed by atoms with E-state index in [1.54, 1.807) is 7.11 Å². The highest BCUT2D eigenvalue weighted by molar-refractivity contribution is 4.72. The van der Waals surface area contributed by atoms with E-state index in [1.807, 2.05) is 0 Å². The maximum atomic E-state index is 5.27. The van der Waals surface area contributed by atoms with Crippen LogP contribution in [-0.2, 0) is 4.74 Å². The Kier molecular flexibility index (Phi) is 7.29. The minimum atomic E-state index is 0.358. The predicted molar refractivity (Wildman–Crippen MR) is 58.0 cm³/mol. The van der Waals surface area contributed by atoms with E-state index in [0.29, 0.717) is 18.1 Å². The maximum Gasteiger partial charge on any atom is 0.0558 e. The molecule has 2 nitrogen and oxygen atoms in total. The van der Waals surface area contributed by atoms with Crippen molar-refractivity contribution < 1.29 is 4.74 Å². The standard InChI is InChI=1S/C11H25NO/c1-6-7-12-11(9(2)3)8-10(4)13-5/h9-12H,6-8H2,1-5H3. The van der Waals surface area contributed by atoms with Gasteiger partial charge < -0.3 is 10.1 Å². The summed E-state index contributed by atoms with van der Waals surface area (Å²) < 4.78 is 5.27. The second-order valence-electron chi connectivity index (χ2n) is 4.09. The highest BCUT2D eigenvalue weighted by Gasteiger charge is 2.15. The van der Waals surface area contributed by atoms with E-state index in [0.717, 1.165) is 13.0 Å². The van der Waals surface area contributed by atoms with Crippen molar-refractivity contribution in [3.63, 3.8) is 0 Å². The first-order chi connectivity index (χ1) is 6.11. The molecule has 0 spiro atoms. The highest BCUT2D eigenvalue weighted by Crippen LogP contribution is 2.10. The van der Waals surface area contributed by atoms with Crippen LogP contribution in [0.3, 0.4) is 0 Å². The molecule has 0 saturated heterocycles. The third kappa shape index (κ3) is 6.05. The molecule has 2 atom stereocenters. The molecule has 13 heavy (non-hydrogen) atoms. The Morgan fingerprint density at radius 2 is 1.85 bits per heavy atom. The van der Waals surface area contributed by atoms with Crippen LogP contribution in [0.15, 0.2) is 0 Å². The van der Waals surface area contributed by atoms with Gasteiger partial charge in [0, 0.05) is 13.2 Å². The molecule has 0 rings (SSSR count). The van der Waals surface area contributed by atoms with Gasteiger partial charge in [0.25, 0.3) is 0 Å². The zero-order valence-corrected chi connectivity index (χ0v) is 9.76. The number of nitrogens with one attached hydrogen (secondary N) is 1. The van der Waals surface area contributed by atoms with Gasteiger partial charge in [-0.25, -0.2) is 0 Å². The van der Waals surface area contributed by atoms with Crippen LogP contribution in [0.1, 0.15) is 40.5 Å². The van der Waals surface area contributed by atoms with Gasteiger partial charge in [0.15, 0.2) is 0 Å². The first-order valence-electron chi connectivity index (χ1n) is 5.38. The summed E-state index contributed by atoms with van der Waals surface area (Å²) in [4.78, 5) is 0. The second-order valence-corrected chi connectivity index (χ2v) is 4.09. The van der Waals surface area contributed by atoms with Gasteiger partial charge in [0.05, 0.1) is 6.10 Å². The first kappa shape index (κ1) is 12.9. The molecule has 0 aromatic rings. The minimum Gasteiger partial charge on any atom is -0.382 e. The Bertz CT molecular complexity index is 115. The molecule has 0 saturated carbocycles. The smallest absolute Gasteiger partial charge is 0.0558 e. The van der Waals surface area contributed by atoms with Crippen molar-refractivity contribution in [2.75, 3.05) is 13.7 Å². The third-order valence-electron chi connectivity index (χ3n) is 2.45. The van der Waals surface area contributed by atoms with E-state index in [9.17, 15) is 0 Å². The lowest BCUT2D eigenvalue weighted by Crippen LogP contribution is -2.37. The summed E-state index contributed by atoms with van der Waals surface area (Å²) in [6, 6.07) is 0.592. The molecule has 1 N–H and O–H groups in total. The molecule has 2 unspecified atom stereocenters. The van der Waals surface area contributed by atoms with Crippen LogP contribution < -0.4 is 5.32 Å². The van der Waals surface area contributed by atoms with Crippen molar-refractivity contribution in [1.29, 1.82) is 0 Å². The summed E-state index contributed by atoms with van der Waals surface area (Å²) in [5.41, 5.74) is 0. The fourth-order valence-corrected chi connectivity index (χ4v) is 1.37. The molecule has 0 aliphatic carbocycles. The summed E-state index contributed by atoms with van der Waals surface area (Å²) in [6.07, 6.45) is 2.66. The second kappa shape index (κ2) is 7.34. The summed E-state index contributed by atoms with van der Waals surface area (Å²) in [6.45, 7) is 9.96. The molecular weight excluding hydrogens is 162 g/mol. The van der Waals surface area contributed by atoms with E-state index < -0.39 is 0 Å². The first-order valence-corrected chi connectivity index (χ1v) is 5.38. The fraction of sp³-hybridized carbons (Fsp3) is 1.00. The summed E-state index contributed by atoms with van der Waals surface area (Å²) in [7, 11) is 1.78. The van der Waals surface area contributed by atoms with Crippen molar-refractivity contribution in [2.45, 2.75) is 52.7 Å². The number of rotatable bonds is 7. The summed E-state index contributed by atoms with van der Waals surface area (Å²) >= 11 is 0. The van der Waals surface area contributed by atoms with Gasteiger partial charge in [0.1, 0.15) is 0 Å². The van der Waals surface area contributed by atoms with E-state index in [1.165, 1.54) is 6.42 Å². The molecule has 2 heteroatoms. The van der Waals surface area contributed by atoms with Crippen molar-refractivity contribution in [3.05, 3.63) is 0 Å². The number of hydrogen-bond donors (Lipinski definition) is 1. The molecule has 0 fully saturated rings. The van der Waals surface area contributed by atoms with Gasteiger partial charge in [-0.15, -0.1) is 0 Å². The van der Waals surface area contributed by atoms with Gasteiger partial charge in [0.2, 0.25) is 0 Å². The molecule has 0 heterocycles. The van der Waals surface area contributed by atoms with Gasteiger partial charge in [-0.3, -0.25) is 0 Å². The van der Waals surface area contributed by atoms with E-state index in [-0.39, 0.29) is 0 Å². The van der Waals surface area contributed by atoms with Crippen LogP contribution in [0.25, 0.3) is 0 Å². The summed E-state index contributed by atoms with van der Waals surface area (Å²) in [5, 5.41) is 3.55. The van der Waals surface area contributed by atoms with Gasteiger partial charge in [-0.2, -0.15) is 0 Å². The van der Waals surface area contributed by atoms with Gasteiger partial charge in [-0.05, 0) is 32.2 Å². The quantitative estimate of drug-likeness (QED) is 0.661. The Balaban J connectivity index is 3.79. The lowest BCUT2D eigenvalue weighted by molar-refractivity contribution is 0.0943. The molecule has 0 aromatic carbocycles. The maximum absolute atomic E-state index is 5.27. The number of ether oxygens (including phenoxy) is 1. The Labute approximate surface area is 83.1 Å². The predicted octanol–water partition coefficient (Wildman–Crippen LogP) is 2.44. The largest absolute Gasteiger partial charge is 0.382 e. The van der Waals surface area contributed by atoms with Crippen LogP contribution in [0.2, 0.25) is 0 Å².